The largest absolute Gasteiger partial charge is 0.285 e. The lowest BCUT2D eigenvalue weighted by Crippen LogP contribution is -1.72. The van der Waals surface area contributed by atoms with Crippen molar-refractivity contribution >= 4 is 0 Å². The van der Waals surface area contributed by atoms with Crippen molar-refractivity contribution in [3.05, 3.63) is 24.7 Å². The van der Waals surface area contributed by atoms with Gasteiger partial charge in [-0.15, -0.1) is 0 Å². The van der Waals surface area contributed by atoms with Crippen LogP contribution < -0.4 is 0 Å². The quantitative estimate of drug-likeness (QED) is 0.598. The van der Waals surface area contributed by atoms with Gasteiger partial charge < -0.3 is 0 Å². The van der Waals surface area contributed by atoms with Gasteiger partial charge in [0.05, 0.1) is 5.69 Å². The molecule has 0 aliphatic heterocycles. The fourth-order valence-corrected chi connectivity index (χ4v) is 0.763. The van der Waals surface area contributed by atoms with E-state index in [2.05, 4.69) is 26.6 Å². The second-order valence-electron chi connectivity index (χ2n) is 1.87. The van der Waals surface area contributed by atoms with Gasteiger partial charge in [0.2, 0.25) is 0 Å². The van der Waals surface area contributed by atoms with Crippen molar-refractivity contribution in [2.75, 3.05) is 0 Å². The van der Waals surface area contributed by atoms with Gasteiger partial charge in [-0.2, -0.15) is 10.2 Å². The molecule has 4 heteroatoms. The summed E-state index contributed by atoms with van der Waals surface area (Å²) in [6.45, 7) is 0. The maximum atomic E-state index is 3.94. The van der Waals surface area contributed by atoms with Crippen LogP contribution in [0.5, 0.6) is 0 Å². The topological polar surface area (TPSA) is 57.4 Å². The molecular formula is C6H5N4. The number of hydrogen-bond acceptors (Lipinski definition) is 2. The molecule has 0 aromatic carbocycles. The highest BCUT2D eigenvalue weighted by Gasteiger charge is 1.98. The number of H-pyrrole nitrogens is 2. The van der Waals surface area contributed by atoms with Gasteiger partial charge in [0, 0.05) is 18.0 Å². The van der Waals surface area contributed by atoms with Crippen LogP contribution >= 0.6 is 0 Å². The summed E-state index contributed by atoms with van der Waals surface area (Å²) >= 11 is 0. The maximum Gasteiger partial charge on any atom is 0.122 e. The molecule has 0 atom stereocenters. The minimum absolute atomic E-state index is 0.855. The van der Waals surface area contributed by atoms with E-state index in [1.165, 1.54) is 0 Å². The molecule has 49 valence electrons. The molecule has 0 bridgehead atoms. The van der Waals surface area contributed by atoms with Crippen LogP contribution in [0.25, 0.3) is 11.3 Å². The first-order chi connectivity index (χ1) is 4.97. The average molecular weight is 133 g/mol. The molecular weight excluding hydrogens is 128 g/mol. The van der Waals surface area contributed by atoms with Crippen molar-refractivity contribution in [1.29, 1.82) is 0 Å². The van der Waals surface area contributed by atoms with E-state index in [1.54, 1.807) is 12.4 Å². The Labute approximate surface area is 57.3 Å². The third-order valence-electron chi connectivity index (χ3n) is 1.23. The molecule has 2 aromatic heterocycles. The second kappa shape index (κ2) is 1.98. The molecule has 0 unspecified atom stereocenters. The molecule has 0 amide bonds. The molecule has 2 heterocycles. The van der Waals surface area contributed by atoms with E-state index in [9.17, 15) is 0 Å². The van der Waals surface area contributed by atoms with Gasteiger partial charge >= 0.3 is 0 Å². The first-order valence-electron chi connectivity index (χ1n) is 2.88. The van der Waals surface area contributed by atoms with E-state index in [4.69, 9.17) is 0 Å². The Bertz CT molecular complexity index is 249. The fourth-order valence-electron chi connectivity index (χ4n) is 0.763. The lowest BCUT2D eigenvalue weighted by Gasteiger charge is -1.81. The summed E-state index contributed by atoms with van der Waals surface area (Å²) in [6, 6.07) is 1.86. The van der Waals surface area contributed by atoms with Crippen LogP contribution in [-0.4, -0.2) is 20.4 Å². The number of aromatic amines is 2. The highest BCUT2D eigenvalue weighted by Crippen LogP contribution is 2.11. The molecule has 0 saturated heterocycles. The summed E-state index contributed by atoms with van der Waals surface area (Å²) in [4.78, 5) is 0. The smallest absolute Gasteiger partial charge is 0.122 e. The molecule has 0 fully saturated rings. The first-order valence-corrected chi connectivity index (χ1v) is 2.88. The maximum absolute atomic E-state index is 3.94. The monoisotopic (exact) mass is 133 g/mol. The molecule has 0 saturated carbocycles. The van der Waals surface area contributed by atoms with Crippen molar-refractivity contribution in [3.63, 3.8) is 0 Å². The third kappa shape index (κ3) is 0.699. The molecule has 2 rings (SSSR count). The molecule has 2 N–H and O–H groups in total. The highest BCUT2D eigenvalue weighted by molar-refractivity contribution is 5.54. The van der Waals surface area contributed by atoms with Crippen LogP contribution in [-0.2, 0) is 0 Å². The third-order valence-corrected chi connectivity index (χ3v) is 1.23. The standard InChI is InChI=1S/C6H5N4/c1-2-7-10-6(1)5-3-8-9-4-5/h1-3H,(H,7,10)(H,8,9). The van der Waals surface area contributed by atoms with Crippen LogP contribution in [0.15, 0.2) is 18.5 Å². The Kier molecular flexibility index (Phi) is 1.04. The zero-order valence-corrected chi connectivity index (χ0v) is 5.13. The number of nitrogens with one attached hydrogen (secondary N) is 2. The Morgan fingerprint density at radius 1 is 1.40 bits per heavy atom. The van der Waals surface area contributed by atoms with Crippen molar-refractivity contribution in [2.24, 2.45) is 0 Å². The van der Waals surface area contributed by atoms with Gasteiger partial charge in [-0.25, -0.2) is 0 Å². The highest BCUT2D eigenvalue weighted by atomic mass is 15.1. The van der Waals surface area contributed by atoms with E-state index >= 15 is 0 Å². The van der Waals surface area contributed by atoms with Gasteiger partial charge in [0.1, 0.15) is 6.20 Å². The average Bonchev–Trinajstić information content (AvgIpc) is 2.59. The lowest BCUT2D eigenvalue weighted by molar-refractivity contribution is 1.08. The molecule has 4 nitrogen and oxygen atoms in total. The fraction of sp³-hybridized carbons (Fsp3) is 0. The molecule has 10 heavy (non-hydrogen) atoms. The van der Waals surface area contributed by atoms with E-state index in [1.807, 2.05) is 6.07 Å². The van der Waals surface area contributed by atoms with E-state index < -0.39 is 0 Å². The zero-order valence-electron chi connectivity index (χ0n) is 5.13. The van der Waals surface area contributed by atoms with Crippen molar-refractivity contribution in [1.82, 2.24) is 20.4 Å². The SMILES string of the molecule is [c]1n[nH]cc1-c1cc[nH]n1. The summed E-state index contributed by atoms with van der Waals surface area (Å²) in [5.41, 5.74) is 1.73. The summed E-state index contributed by atoms with van der Waals surface area (Å²) < 4.78 is 0. The van der Waals surface area contributed by atoms with Gasteiger partial charge in [-0.1, -0.05) is 0 Å². The Hall–Kier alpha value is -1.58. The van der Waals surface area contributed by atoms with Crippen LogP contribution in [0.2, 0.25) is 0 Å². The molecule has 1 radical (unpaired) electrons. The summed E-state index contributed by atoms with van der Waals surface area (Å²) in [5, 5.41) is 13.0. The van der Waals surface area contributed by atoms with Gasteiger partial charge in [0.15, 0.2) is 0 Å². The molecule has 0 aliphatic rings. The number of rotatable bonds is 1. The first kappa shape index (κ1) is 5.22. The van der Waals surface area contributed by atoms with Crippen molar-refractivity contribution in [3.8, 4) is 11.3 Å². The van der Waals surface area contributed by atoms with Crippen LogP contribution in [0.3, 0.4) is 0 Å². The predicted molar refractivity (Wildman–Crippen MR) is 35.0 cm³/mol. The van der Waals surface area contributed by atoms with Gasteiger partial charge in [-0.05, 0) is 6.07 Å². The molecule has 0 aliphatic carbocycles. The summed E-state index contributed by atoms with van der Waals surface area (Å²) in [7, 11) is 0. The van der Waals surface area contributed by atoms with Crippen LogP contribution in [0.1, 0.15) is 0 Å². The lowest BCUT2D eigenvalue weighted by atomic mass is 10.3. The summed E-state index contributed by atoms with van der Waals surface area (Å²) in [5.74, 6) is 0. The number of aromatic nitrogens is 4. The predicted octanol–water partition coefficient (Wildman–Crippen LogP) is 0.600. The minimum atomic E-state index is 0.855. The Balaban J connectivity index is 2.48. The van der Waals surface area contributed by atoms with Crippen molar-refractivity contribution in [2.45, 2.75) is 0 Å². The minimum Gasteiger partial charge on any atom is -0.285 e. The van der Waals surface area contributed by atoms with Crippen molar-refractivity contribution < 1.29 is 0 Å². The number of nitrogens with zero attached hydrogens (tertiary/aromatic N) is 2. The Morgan fingerprint density at radius 3 is 3.00 bits per heavy atom. The summed E-state index contributed by atoms with van der Waals surface area (Å²) in [6.07, 6.45) is 6.26. The van der Waals surface area contributed by atoms with E-state index in [-0.39, 0.29) is 0 Å². The van der Waals surface area contributed by atoms with Crippen LogP contribution in [0, 0.1) is 6.20 Å². The van der Waals surface area contributed by atoms with Crippen LogP contribution in [0.4, 0.5) is 0 Å². The molecule has 0 spiro atoms. The van der Waals surface area contributed by atoms with E-state index in [0.29, 0.717) is 0 Å². The van der Waals surface area contributed by atoms with Gasteiger partial charge in [0.25, 0.3) is 0 Å². The second-order valence-corrected chi connectivity index (χ2v) is 1.87. The normalized spacial score (nSPS) is 10.0. The molecule has 2 aromatic rings. The Morgan fingerprint density at radius 2 is 2.40 bits per heavy atom. The number of hydrogen-bond donors (Lipinski definition) is 2. The van der Waals surface area contributed by atoms with E-state index in [0.717, 1.165) is 11.3 Å². The van der Waals surface area contributed by atoms with Gasteiger partial charge in [-0.3, -0.25) is 10.2 Å². The zero-order chi connectivity index (χ0) is 6.81.